The van der Waals surface area contributed by atoms with Crippen molar-refractivity contribution in [2.24, 2.45) is 0 Å². The van der Waals surface area contributed by atoms with Crippen LogP contribution in [0.25, 0.3) is 0 Å². The summed E-state index contributed by atoms with van der Waals surface area (Å²) in [6, 6.07) is 7.90. The summed E-state index contributed by atoms with van der Waals surface area (Å²) in [6.07, 6.45) is -2.35. The van der Waals surface area contributed by atoms with Gasteiger partial charge < -0.3 is 14.2 Å². The first-order chi connectivity index (χ1) is 12.2. The predicted molar refractivity (Wildman–Crippen MR) is 88.8 cm³/mol. The normalized spacial score (nSPS) is 17.0. The average molecular weight is 363 g/mol. The van der Waals surface area contributed by atoms with Crippen LogP contribution in [0.2, 0.25) is 0 Å². The third-order valence-electron chi connectivity index (χ3n) is 3.42. The lowest BCUT2D eigenvalue weighted by Crippen LogP contribution is -2.43. The predicted octanol–water partition coefficient (Wildman–Crippen LogP) is 2.79. The molecule has 0 N–H and O–H groups in total. The highest BCUT2D eigenvalue weighted by atomic mass is 16.6. The number of esters is 2. The molecule has 8 nitrogen and oxygen atoms in total. The lowest BCUT2D eigenvalue weighted by Gasteiger charge is -2.24. The van der Waals surface area contributed by atoms with Crippen LogP contribution in [0, 0.1) is 0 Å². The van der Waals surface area contributed by atoms with Gasteiger partial charge in [-0.3, -0.25) is 4.79 Å². The second-order valence-corrected chi connectivity index (χ2v) is 6.74. The molecule has 1 aliphatic heterocycles. The Hall–Kier alpha value is -2.90. The summed E-state index contributed by atoms with van der Waals surface area (Å²) in [4.78, 5) is 48.1. The van der Waals surface area contributed by atoms with E-state index >= 15 is 0 Å². The molecule has 140 valence electrons. The third-order valence-corrected chi connectivity index (χ3v) is 3.42. The highest BCUT2D eigenvalue weighted by molar-refractivity contribution is 6.04. The molecular weight excluding hydrogens is 342 g/mol. The molecule has 0 unspecified atom stereocenters. The van der Waals surface area contributed by atoms with Gasteiger partial charge in [0.2, 0.25) is 0 Å². The van der Waals surface area contributed by atoms with Gasteiger partial charge in [0.25, 0.3) is 0 Å². The van der Waals surface area contributed by atoms with Crippen molar-refractivity contribution in [2.45, 2.75) is 51.9 Å². The van der Waals surface area contributed by atoms with Crippen LogP contribution in [0.3, 0.4) is 0 Å². The first-order valence-corrected chi connectivity index (χ1v) is 8.15. The quantitative estimate of drug-likeness (QED) is 0.450. The SMILES string of the molecule is CC(C)(C)OC(=O)N1C(=O)OC(=O)[C@@H]1CCC(=O)OCc1ccccc1. The van der Waals surface area contributed by atoms with Crippen molar-refractivity contribution in [2.75, 3.05) is 0 Å². The molecule has 1 atom stereocenters. The Labute approximate surface area is 151 Å². The Morgan fingerprint density at radius 2 is 1.81 bits per heavy atom. The van der Waals surface area contributed by atoms with Gasteiger partial charge in [-0.1, -0.05) is 30.3 Å². The maximum absolute atomic E-state index is 12.1. The molecule has 1 fully saturated rings. The third kappa shape index (κ3) is 5.30. The summed E-state index contributed by atoms with van der Waals surface area (Å²) in [5, 5.41) is 0. The number of imide groups is 1. The van der Waals surface area contributed by atoms with E-state index in [4.69, 9.17) is 9.47 Å². The Bertz CT molecular complexity index is 693. The lowest BCUT2D eigenvalue weighted by molar-refractivity contribution is -0.145. The summed E-state index contributed by atoms with van der Waals surface area (Å²) >= 11 is 0. The van der Waals surface area contributed by atoms with E-state index in [9.17, 15) is 19.2 Å². The van der Waals surface area contributed by atoms with Gasteiger partial charge >= 0.3 is 24.1 Å². The number of rotatable bonds is 5. The summed E-state index contributed by atoms with van der Waals surface area (Å²) in [6.45, 7) is 4.99. The molecule has 1 heterocycles. The van der Waals surface area contributed by atoms with E-state index in [2.05, 4.69) is 4.74 Å². The maximum atomic E-state index is 12.1. The summed E-state index contributed by atoms with van der Waals surface area (Å²) in [7, 11) is 0. The van der Waals surface area contributed by atoms with Gasteiger partial charge in [-0.25, -0.2) is 14.4 Å². The van der Waals surface area contributed by atoms with Gasteiger partial charge in [-0.2, -0.15) is 4.90 Å². The number of cyclic esters (lactones) is 2. The van der Waals surface area contributed by atoms with Crippen LogP contribution in [-0.2, 0) is 30.4 Å². The van der Waals surface area contributed by atoms with Gasteiger partial charge in [0.05, 0.1) is 0 Å². The fraction of sp³-hybridized carbons (Fsp3) is 0.444. The summed E-state index contributed by atoms with van der Waals surface area (Å²) in [5.74, 6) is -1.44. The van der Waals surface area contributed by atoms with Crippen LogP contribution in [0.1, 0.15) is 39.2 Å². The summed E-state index contributed by atoms with van der Waals surface area (Å²) in [5.41, 5.74) is -0.0194. The fourth-order valence-corrected chi connectivity index (χ4v) is 2.26. The molecule has 8 heteroatoms. The van der Waals surface area contributed by atoms with Crippen molar-refractivity contribution in [3.63, 3.8) is 0 Å². The van der Waals surface area contributed by atoms with Crippen LogP contribution in [0.5, 0.6) is 0 Å². The lowest BCUT2D eigenvalue weighted by atomic mass is 10.1. The standard InChI is InChI=1S/C18H21NO7/c1-18(2,3)26-17(23)19-13(15(21)25-16(19)22)9-10-14(20)24-11-12-7-5-4-6-8-12/h4-8,13H,9-11H2,1-3H3/t13-/m0/s1. The Kier molecular flexibility index (Phi) is 5.97. The topological polar surface area (TPSA) is 99.2 Å². The Morgan fingerprint density at radius 3 is 2.42 bits per heavy atom. The number of hydrogen-bond acceptors (Lipinski definition) is 7. The van der Waals surface area contributed by atoms with E-state index in [0.717, 1.165) is 5.56 Å². The van der Waals surface area contributed by atoms with Crippen LogP contribution in [0.15, 0.2) is 30.3 Å². The van der Waals surface area contributed by atoms with Gasteiger partial charge in [-0.15, -0.1) is 0 Å². The summed E-state index contributed by atoms with van der Waals surface area (Å²) < 4.78 is 14.7. The Morgan fingerprint density at radius 1 is 1.15 bits per heavy atom. The minimum absolute atomic E-state index is 0.0998. The van der Waals surface area contributed by atoms with Crippen molar-refractivity contribution < 1.29 is 33.4 Å². The van der Waals surface area contributed by atoms with Gasteiger partial charge in [0.1, 0.15) is 18.2 Å². The number of benzene rings is 1. The smallest absolute Gasteiger partial charge is 0.427 e. The first kappa shape index (κ1) is 19.4. The maximum Gasteiger partial charge on any atom is 0.427 e. The van der Waals surface area contributed by atoms with E-state index in [1.165, 1.54) is 0 Å². The number of carbonyl (C=O) groups excluding carboxylic acids is 4. The minimum atomic E-state index is -1.21. The molecule has 2 amide bonds. The molecule has 2 rings (SSSR count). The number of ether oxygens (including phenoxy) is 3. The van der Waals surface area contributed by atoms with Crippen molar-refractivity contribution in [3.8, 4) is 0 Å². The highest BCUT2D eigenvalue weighted by Gasteiger charge is 2.46. The zero-order valence-corrected chi connectivity index (χ0v) is 14.9. The molecule has 0 saturated carbocycles. The molecule has 26 heavy (non-hydrogen) atoms. The van der Waals surface area contributed by atoms with Crippen molar-refractivity contribution in [3.05, 3.63) is 35.9 Å². The Balaban J connectivity index is 1.91. The van der Waals surface area contributed by atoms with Crippen LogP contribution >= 0.6 is 0 Å². The van der Waals surface area contributed by atoms with Crippen LogP contribution in [-0.4, -0.2) is 40.7 Å². The van der Waals surface area contributed by atoms with E-state index < -0.39 is 35.8 Å². The highest BCUT2D eigenvalue weighted by Crippen LogP contribution is 2.22. The molecule has 1 saturated heterocycles. The van der Waals surface area contributed by atoms with Crippen molar-refractivity contribution in [1.82, 2.24) is 4.90 Å². The van der Waals surface area contributed by atoms with Crippen LogP contribution in [0.4, 0.5) is 9.59 Å². The molecule has 0 radical (unpaired) electrons. The first-order valence-electron chi connectivity index (χ1n) is 8.15. The zero-order chi connectivity index (χ0) is 19.3. The van der Waals surface area contributed by atoms with Crippen molar-refractivity contribution in [1.29, 1.82) is 0 Å². The molecule has 0 aromatic heterocycles. The molecule has 1 aromatic rings. The number of amides is 2. The molecule has 0 aliphatic carbocycles. The van der Waals surface area contributed by atoms with Crippen LogP contribution < -0.4 is 0 Å². The van der Waals surface area contributed by atoms with Gasteiger partial charge in [0.15, 0.2) is 0 Å². The van der Waals surface area contributed by atoms with E-state index in [0.29, 0.717) is 4.90 Å². The molecule has 0 spiro atoms. The second kappa shape index (κ2) is 7.99. The zero-order valence-electron chi connectivity index (χ0n) is 14.9. The van der Waals surface area contributed by atoms with Gasteiger partial charge in [-0.05, 0) is 32.8 Å². The molecular formula is C18H21NO7. The number of carbonyl (C=O) groups is 4. The fourth-order valence-electron chi connectivity index (χ4n) is 2.26. The second-order valence-electron chi connectivity index (χ2n) is 6.74. The molecule has 1 aliphatic rings. The van der Waals surface area contributed by atoms with E-state index in [-0.39, 0.29) is 19.4 Å². The van der Waals surface area contributed by atoms with Gasteiger partial charge in [0, 0.05) is 6.42 Å². The number of hydrogen-bond donors (Lipinski definition) is 0. The van der Waals surface area contributed by atoms with E-state index in [1.807, 2.05) is 30.3 Å². The molecule has 0 bridgehead atoms. The van der Waals surface area contributed by atoms with E-state index in [1.54, 1.807) is 20.8 Å². The monoisotopic (exact) mass is 363 g/mol. The molecule has 1 aromatic carbocycles. The largest absolute Gasteiger partial charge is 0.461 e. The minimum Gasteiger partial charge on any atom is -0.461 e. The number of nitrogens with zero attached hydrogens (tertiary/aromatic N) is 1. The van der Waals surface area contributed by atoms with Crippen molar-refractivity contribution >= 4 is 24.1 Å². The average Bonchev–Trinajstić information content (AvgIpc) is 2.84.